The molecule has 1 amide bonds. The molecule has 4 rings (SSSR count). The molecule has 7 atom stereocenters. The van der Waals surface area contributed by atoms with Crippen molar-refractivity contribution < 1.29 is 85.0 Å². The summed E-state index contributed by atoms with van der Waals surface area (Å²) in [6.07, 6.45) is -7.94. The van der Waals surface area contributed by atoms with Crippen LogP contribution in [0.1, 0.15) is 106 Å². The Kier molecular flexibility index (Phi) is 21.5. The average Bonchev–Trinajstić information content (AvgIpc) is 3.25. The third kappa shape index (κ3) is 15.1. The predicted octanol–water partition coefficient (Wildman–Crippen LogP) is 10.7. The molecule has 1 aliphatic heterocycles. The minimum Gasteiger partial charge on any atom is -0.464 e. The molecule has 1 heterocycles. The Morgan fingerprint density at radius 1 is 0.750 bits per heavy atom. The number of alkyl halides is 8. The lowest BCUT2D eigenvalue weighted by molar-refractivity contribution is -0.161. The molecule has 10 nitrogen and oxygen atoms in total. The van der Waals surface area contributed by atoms with Gasteiger partial charge in [-0.05, 0) is 94.4 Å². The van der Waals surface area contributed by atoms with Crippen LogP contribution in [-0.2, 0) is 62.4 Å². The largest absolute Gasteiger partial charge is 0.464 e. The van der Waals surface area contributed by atoms with Gasteiger partial charge in [-0.1, -0.05) is 54.6 Å². The number of piperidine rings is 1. The second-order valence-corrected chi connectivity index (χ2v) is 22.5. The van der Waals surface area contributed by atoms with Gasteiger partial charge in [-0.3, -0.25) is 4.79 Å². The second-order valence-electron chi connectivity index (χ2n) is 18.6. The van der Waals surface area contributed by atoms with E-state index in [4.69, 9.17) is 0 Å². The van der Waals surface area contributed by atoms with E-state index in [-0.39, 0.29) is 24.9 Å². The highest BCUT2D eigenvalue weighted by atomic mass is 32.2. The molecule has 24 heteroatoms. The van der Waals surface area contributed by atoms with Gasteiger partial charge in [0.05, 0.1) is 57.5 Å². The van der Waals surface area contributed by atoms with Crippen LogP contribution in [0.5, 0.6) is 0 Å². The number of carbonyl (C=O) groups is 3. The standard InChI is InChI=1S/C18H25F4NO3S.C18H23F4NO3S.C12H11F4NO/c2*1-6-26-15(24)14(20)11-18(21,22)17(5,23-27(25)16(2,3)4)12-9-7-8-10-13(12)19;1-11(7-4-2-3-5-8(7)13)12(15,16)6-9(14)10(18)17-11/h7-10,14,23H,6,11H2,1-5H3;7-11,23H,6H2,1-5H3;2-5,9H,6H2,1H3,(H,17,18)/b;14-11-;/t14?,17-,27-;17-,27-;9?,11-/m111/s1. The van der Waals surface area contributed by atoms with E-state index in [0.29, 0.717) is 0 Å². The number of halogens is 12. The fraction of sp³-hybridized carbons (Fsp3) is 0.521. The molecule has 1 saturated heterocycles. The molecule has 3 aromatic rings. The summed E-state index contributed by atoms with van der Waals surface area (Å²) >= 11 is 0. The number of hydrogen-bond donors (Lipinski definition) is 3. The van der Waals surface area contributed by atoms with E-state index in [2.05, 4.69) is 18.9 Å². The number of ether oxygens (including phenoxy) is 2. The van der Waals surface area contributed by atoms with Crippen LogP contribution in [-0.4, -0.2) is 79.1 Å². The number of benzene rings is 3. The van der Waals surface area contributed by atoms with Crippen LogP contribution in [0.3, 0.4) is 0 Å². The summed E-state index contributed by atoms with van der Waals surface area (Å²) in [5, 5.41) is 1.89. The number of carbonyl (C=O) groups excluding carboxylic acids is 3. The normalized spacial score (nSPS) is 20.3. The first-order valence-electron chi connectivity index (χ1n) is 21.9. The summed E-state index contributed by atoms with van der Waals surface area (Å²) in [4.78, 5) is 34.1. The molecule has 1 aliphatic rings. The molecule has 0 aromatic heterocycles. The topological polar surface area (TPSA) is 140 Å². The van der Waals surface area contributed by atoms with Gasteiger partial charge in [0.1, 0.15) is 34.1 Å². The van der Waals surface area contributed by atoms with E-state index < -0.39 is 143 Å². The quantitative estimate of drug-likeness (QED) is 0.0737. The summed E-state index contributed by atoms with van der Waals surface area (Å²) in [5.74, 6) is -20.5. The van der Waals surface area contributed by atoms with Gasteiger partial charge >= 0.3 is 11.9 Å². The molecule has 0 spiro atoms. The van der Waals surface area contributed by atoms with Crippen molar-refractivity contribution >= 4 is 39.8 Å². The Bertz CT molecular complexity index is 2450. The Balaban J connectivity index is 0.000000378. The molecule has 0 radical (unpaired) electrons. The lowest BCUT2D eigenvalue weighted by Gasteiger charge is -2.42. The fourth-order valence-corrected chi connectivity index (χ4v) is 8.28. The third-order valence-electron chi connectivity index (χ3n) is 10.9. The SMILES string of the molecule is CCOC(=O)/C(F)=C/C(F)(F)[C@](C)(N[S@](=O)C(C)(C)C)c1ccccc1F.CCOC(=O)C(F)CC(F)(F)[C@](C)(N[S@](=O)C(C)(C)C)c1ccccc1F.C[C@]1(c2ccccc2F)NC(=O)C(F)CC1(F)F. The van der Waals surface area contributed by atoms with Crippen molar-refractivity contribution in [3.63, 3.8) is 0 Å². The molecular weight excluding hydrogens is 1020 g/mol. The van der Waals surface area contributed by atoms with Crippen LogP contribution < -0.4 is 14.8 Å². The van der Waals surface area contributed by atoms with Crippen LogP contribution >= 0.6 is 0 Å². The van der Waals surface area contributed by atoms with Crippen molar-refractivity contribution in [1.82, 2.24) is 14.8 Å². The first-order valence-corrected chi connectivity index (χ1v) is 24.2. The Hall–Kier alpha value is -4.81. The predicted molar refractivity (Wildman–Crippen MR) is 248 cm³/mol. The van der Waals surface area contributed by atoms with E-state index in [1.807, 2.05) is 5.32 Å². The maximum atomic E-state index is 15.1. The van der Waals surface area contributed by atoms with E-state index >= 15 is 17.6 Å². The average molecular weight is 1080 g/mol. The zero-order valence-electron chi connectivity index (χ0n) is 41.2. The van der Waals surface area contributed by atoms with Crippen LogP contribution in [0.25, 0.3) is 0 Å². The van der Waals surface area contributed by atoms with E-state index in [1.165, 1.54) is 71.0 Å². The lowest BCUT2D eigenvalue weighted by atomic mass is 9.79. The summed E-state index contributed by atoms with van der Waals surface area (Å²) < 4.78 is 208. The van der Waals surface area contributed by atoms with Crippen LogP contribution in [0.15, 0.2) is 84.7 Å². The Labute approximate surface area is 415 Å². The number of esters is 2. The fourth-order valence-electron chi connectivity index (χ4n) is 6.42. The van der Waals surface area contributed by atoms with Crippen molar-refractivity contribution in [2.24, 2.45) is 0 Å². The van der Waals surface area contributed by atoms with Gasteiger partial charge in [0, 0.05) is 22.8 Å². The molecule has 1 fully saturated rings. The third-order valence-corrected chi connectivity index (χ3v) is 14.3. The Morgan fingerprint density at radius 2 is 1.17 bits per heavy atom. The Morgan fingerprint density at radius 3 is 1.60 bits per heavy atom. The van der Waals surface area contributed by atoms with Crippen LogP contribution in [0, 0.1) is 17.5 Å². The van der Waals surface area contributed by atoms with Gasteiger partial charge in [-0.2, -0.15) is 13.2 Å². The monoisotopic (exact) mass is 1080 g/mol. The highest BCUT2D eigenvalue weighted by Crippen LogP contribution is 2.46. The first kappa shape index (κ1) is 63.3. The molecule has 404 valence electrons. The van der Waals surface area contributed by atoms with Crippen molar-refractivity contribution in [2.75, 3.05) is 13.2 Å². The summed E-state index contributed by atoms with van der Waals surface area (Å²) in [6.45, 7) is 14.5. The molecule has 0 bridgehead atoms. The maximum Gasteiger partial charge on any atom is 0.367 e. The van der Waals surface area contributed by atoms with Crippen LogP contribution in [0.4, 0.5) is 52.7 Å². The van der Waals surface area contributed by atoms with Crippen molar-refractivity contribution in [1.29, 1.82) is 0 Å². The zero-order valence-corrected chi connectivity index (χ0v) is 42.8. The molecule has 2 unspecified atom stereocenters. The summed E-state index contributed by atoms with van der Waals surface area (Å²) in [7, 11) is -4.08. The minimum atomic E-state index is -4.13. The highest BCUT2D eigenvalue weighted by Gasteiger charge is 2.60. The molecule has 0 aliphatic carbocycles. The number of amides is 1. The van der Waals surface area contributed by atoms with Gasteiger partial charge in [-0.25, -0.2) is 67.0 Å². The van der Waals surface area contributed by atoms with Gasteiger partial charge in [-0.15, -0.1) is 0 Å². The number of rotatable bonds is 16. The molecule has 3 N–H and O–H groups in total. The first-order chi connectivity index (χ1) is 32.8. The van der Waals surface area contributed by atoms with E-state index in [1.54, 1.807) is 20.8 Å². The molecule has 0 saturated carbocycles. The molecular formula is C48H59F12N3O7S2. The minimum absolute atomic E-state index is 0.165. The van der Waals surface area contributed by atoms with Crippen molar-refractivity contribution in [3.05, 3.63) is 119 Å². The van der Waals surface area contributed by atoms with Gasteiger partial charge in [0.15, 0.2) is 6.17 Å². The van der Waals surface area contributed by atoms with E-state index in [0.717, 1.165) is 57.2 Å². The smallest absolute Gasteiger partial charge is 0.367 e. The summed E-state index contributed by atoms with van der Waals surface area (Å²) in [5.41, 5.74) is -8.74. The van der Waals surface area contributed by atoms with Gasteiger partial charge in [0.2, 0.25) is 12.0 Å². The van der Waals surface area contributed by atoms with Gasteiger partial charge < -0.3 is 14.8 Å². The second kappa shape index (κ2) is 24.5. The summed E-state index contributed by atoms with van der Waals surface area (Å²) in [6, 6.07) is 14.3. The zero-order chi connectivity index (χ0) is 55.6. The van der Waals surface area contributed by atoms with Crippen molar-refractivity contribution in [2.45, 2.75) is 145 Å². The highest BCUT2D eigenvalue weighted by molar-refractivity contribution is 7.84. The lowest BCUT2D eigenvalue weighted by Crippen LogP contribution is -2.63. The maximum absolute atomic E-state index is 15.1. The van der Waals surface area contributed by atoms with Crippen molar-refractivity contribution in [3.8, 4) is 0 Å². The number of nitrogens with one attached hydrogen (secondary N) is 3. The number of hydrogen-bond acceptors (Lipinski definition) is 7. The van der Waals surface area contributed by atoms with Gasteiger partial charge in [0.25, 0.3) is 23.7 Å². The van der Waals surface area contributed by atoms with E-state index in [9.17, 15) is 57.9 Å². The molecule has 72 heavy (non-hydrogen) atoms. The van der Waals surface area contributed by atoms with Crippen LogP contribution in [0.2, 0.25) is 0 Å². The molecule has 3 aromatic carbocycles.